The smallest absolute Gasteiger partial charge is 0.0659 e. The second-order valence-corrected chi connectivity index (χ2v) is 17.6. The van der Waals surface area contributed by atoms with Gasteiger partial charge in [0.2, 0.25) is 0 Å². The molecule has 3 aromatic heterocycles. The van der Waals surface area contributed by atoms with Gasteiger partial charge in [0.05, 0.1) is 22.8 Å². The van der Waals surface area contributed by atoms with E-state index in [9.17, 15) is 0 Å². The molecule has 0 radical (unpaired) electrons. The van der Waals surface area contributed by atoms with Crippen molar-refractivity contribution in [2.75, 3.05) is 13.1 Å². The molecule has 0 aliphatic carbocycles. The fourth-order valence-corrected chi connectivity index (χ4v) is 8.79. The van der Waals surface area contributed by atoms with Crippen molar-refractivity contribution in [3.05, 3.63) is 70.8 Å². The molecule has 5 heterocycles. The molecule has 58 heavy (non-hydrogen) atoms. The van der Waals surface area contributed by atoms with Gasteiger partial charge in [-0.25, -0.2) is 9.97 Å². The molecule has 0 amide bonds. The third-order valence-corrected chi connectivity index (χ3v) is 12.4. The average Bonchev–Trinajstić information content (AvgIpc) is 4.07. The van der Waals surface area contributed by atoms with Crippen LogP contribution in [0.1, 0.15) is 222 Å². The molecule has 0 fully saturated rings. The van der Waals surface area contributed by atoms with E-state index in [1.54, 1.807) is 0 Å². The number of hydrogen-bond donors (Lipinski definition) is 2. The highest BCUT2D eigenvalue weighted by molar-refractivity contribution is 5.79. The highest BCUT2D eigenvalue weighted by atomic mass is 15.1. The lowest BCUT2D eigenvalue weighted by molar-refractivity contribution is 0.253. The number of nitrogens with zero attached hydrogens (tertiary/aromatic N) is 3. The first kappa shape index (κ1) is 45.6. The summed E-state index contributed by atoms with van der Waals surface area (Å²) in [6.07, 6.45) is 47.6. The van der Waals surface area contributed by atoms with Crippen molar-refractivity contribution in [1.82, 2.24) is 24.8 Å². The lowest BCUT2D eigenvalue weighted by Crippen LogP contribution is -2.26. The van der Waals surface area contributed by atoms with Crippen LogP contribution in [0.2, 0.25) is 0 Å². The van der Waals surface area contributed by atoms with Crippen LogP contribution in [0.15, 0.2) is 42.5 Å². The Morgan fingerprint density at radius 3 is 1.03 bits per heavy atom. The van der Waals surface area contributed by atoms with Crippen molar-refractivity contribution >= 4 is 46.4 Å². The Labute approximate surface area is 354 Å². The van der Waals surface area contributed by atoms with E-state index in [1.807, 2.05) is 0 Å². The van der Waals surface area contributed by atoms with Crippen molar-refractivity contribution in [2.24, 2.45) is 0 Å². The fourth-order valence-electron chi connectivity index (χ4n) is 8.79. The predicted octanol–water partition coefficient (Wildman–Crippen LogP) is 16.4. The number of H-pyrrole nitrogens is 2. The van der Waals surface area contributed by atoms with E-state index in [1.165, 1.54) is 196 Å². The van der Waals surface area contributed by atoms with Gasteiger partial charge in [-0.15, -0.1) is 0 Å². The molecule has 0 unspecified atom stereocenters. The molecule has 5 nitrogen and oxygen atoms in total. The van der Waals surface area contributed by atoms with Gasteiger partial charge in [0.25, 0.3) is 0 Å². The van der Waals surface area contributed by atoms with Crippen molar-refractivity contribution < 1.29 is 0 Å². The van der Waals surface area contributed by atoms with Gasteiger partial charge >= 0.3 is 0 Å². The Morgan fingerprint density at radius 2 is 0.690 bits per heavy atom. The summed E-state index contributed by atoms with van der Waals surface area (Å²) in [7, 11) is 0. The minimum Gasteiger partial charge on any atom is -0.355 e. The van der Waals surface area contributed by atoms with E-state index in [2.05, 4.69) is 95.5 Å². The Morgan fingerprint density at radius 1 is 0.379 bits per heavy atom. The molecule has 318 valence electrons. The minimum atomic E-state index is 0.934. The van der Waals surface area contributed by atoms with Gasteiger partial charge in [-0.1, -0.05) is 181 Å². The minimum absolute atomic E-state index is 0.934. The van der Waals surface area contributed by atoms with Crippen molar-refractivity contribution in [3.8, 4) is 0 Å². The maximum Gasteiger partial charge on any atom is 0.0659 e. The van der Waals surface area contributed by atoms with E-state index in [4.69, 9.17) is 9.97 Å². The summed E-state index contributed by atoms with van der Waals surface area (Å²) in [5.74, 6) is 0. The fraction of sp³-hybridized carbons (Fsp3) is 0.623. The maximum atomic E-state index is 4.86. The van der Waals surface area contributed by atoms with E-state index >= 15 is 0 Å². The summed E-state index contributed by atoms with van der Waals surface area (Å²) in [5, 5.41) is 0. The van der Waals surface area contributed by atoms with Gasteiger partial charge in [-0.05, 0) is 92.7 Å². The van der Waals surface area contributed by atoms with Crippen LogP contribution in [-0.2, 0) is 6.54 Å². The largest absolute Gasteiger partial charge is 0.355 e. The van der Waals surface area contributed by atoms with E-state index in [0.717, 1.165) is 53.4 Å². The van der Waals surface area contributed by atoms with Gasteiger partial charge in [0.15, 0.2) is 0 Å². The Balaban J connectivity index is 1.16. The molecular weight excluding hydrogens is 707 g/mol. The Kier molecular flexibility index (Phi) is 22.1. The highest BCUT2D eigenvalue weighted by Gasteiger charge is 2.12. The lowest BCUT2D eigenvalue weighted by atomic mass is 10.0. The third-order valence-electron chi connectivity index (χ3n) is 12.4. The van der Waals surface area contributed by atoms with E-state index in [0.29, 0.717) is 0 Å². The molecule has 0 saturated carbocycles. The molecule has 0 aromatic carbocycles. The quantitative estimate of drug-likeness (QED) is 0.0427. The first-order valence-corrected chi connectivity index (χ1v) is 24.5. The van der Waals surface area contributed by atoms with Crippen LogP contribution in [-0.4, -0.2) is 37.9 Å². The molecule has 2 aliphatic rings. The topological polar surface area (TPSA) is 60.6 Å². The van der Waals surface area contributed by atoms with Gasteiger partial charge in [-0.3, -0.25) is 4.90 Å². The van der Waals surface area contributed by atoms with Crippen LogP contribution >= 0.6 is 0 Å². The first-order chi connectivity index (χ1) is 28.7. The molecule has 0 saturated heterocycles. The second-order valence-electron chi connectivity index (χ2n) is 17.6. The zero-order valence-electron chi connectivity index (χ0n) is 37.1. The van der Waals surface area contributed by atoms with E-state index in [-0.39, 0.29) is 0 Å². The number of aromatic nitrogens is 4. The summed E-state index contributed by atoms with van der Waals surface area (Å²) < 4.78 is 0. The number of unbranched alkanes of at least 4 members (excludes halogenated alkanes) is 26. The highest BCUT2D eigenvalue weighted by Crippen LogP contribution is 2.23. The van der Waals surface area contributed by atoms with Crippen LogP contribution in [0.4, 0.5) is 0 Å². The van der Waals surface area contributed by atoms with Crippen molar-refractivity contribution in [3.63, 3.8) is 0 Å². The number of fused-ring (bicyclic) bond motifs is 8. The van der Waals surface area contributed by atoms with Crippen molar-refractivity contribution in [1.29, 1.82) is 0 Å². The van der Waals surface area contributed by atoms with Gasteiger partial charge in [0, 0.05) is 34.2 Å². The summed E-state index contributed by atoms with van der Waals surface area (Å²) in [6, 6.07) is 15.3. The lowest BCUT2D eigenvalue weighted by Gasteiger charge is -2.23. The van der Waals surface area contributed by atoms with Crippen LogP contribution in [0.5, 0.6) is 0 Å². The maximum absolute atomic E-state index is 4.86. The molecule has 5 heteroatoms. The monoisotopic (exact) mass is 788 g/mol. The summed E-state index contributed by atoms with van der Waals surface area (Å²) >= 11 is 0. The van der Waals surface area contributed by atoms with Crippen LogP contribution in [0.3, 0.4) is 0 Å². The standard InChI is InChI=1S/C53H81N5/c1-3-5-7-9-11-13-15-17-19-21-23-25-27-29-39-58(40-30-28-26-24-22-20-18-16-14-12-10-8-6-4-2)44-51-52-37-35-49(56-52)42-47-33-31-45(54-47)41-46-32-34-48(55-46)43-50-36-38-53(51)57-50/h31-38,41-43,56-57H,3-30,39-40,44H2,1-2H3. The summed E-state index contributed by atoms with van der Waals surface area (Å²) in [5.41, 5.74) is 9.68. The number of hydrogen-bond acceptors (Lipinski definition) is 3. The molecule has 3 aromatic rings. The number of rotatable bonds is 32. The number of aromatic amines is 2. The zero-order valence-corrected chi connectivity index (χ0v) is 37.1. The average molecular weight is 788 g/mol. The van der Waals surface area contributed by atoms with Crippen LogP contribution < -0.4 is 0 Å². The second kappa shape index (κ2) is 28.1. The third kappa shape index (κ3) is 17.8. The molecule has 0 spiro atoms. The van der Waals surface area contributed by atoms with Gasteiger partial charge in [-0.2, -0.15) is 0 Å². The molecule has 5 rings (SSSR count). The normalized spacial score (nSPS) is 12.4. The predicted molar refractivity (Wildman–Crippen MR) is 255 cm³/mol. The Bertz CT molecular complexity index is 1650. The summed E-state index contributed by atoms with van der Waals surface area (Å²) in [6.45, 7) is 7.87. The molecule has 8 bridgehead atoms. The summed E-state index contributed by atoms with van der Waals surface area (Å²) in [4.78, 5) is 20.0. The van der Waals surface area contributed by atoms with Gasteiger partial charge in [0.1, 0.15) is 0 Å². The zero-order chi connectivity index (χ0) is 40.3. The van der Waals surface area contributed by atoms with Crippen molar-refractivity contribution in [2.45, 2.75) is 200 Å². The molecular formula is C53H81N5. The SMILES string of the molecule is CCCCCCCCCCCCCCCCN(CCCCCCCCCCCCCCCC)Cc1c2ccc(cc3nc(cc4nc(cc5ccc1[nH]5)C=C4)C=C3)[nH]2. The molecule has 0 atom stereocenters. The number of nitrogens with one attached hydrogen (secondary N) is 2. The molecule has 2 aliphatic heterocycles. The first-order valence-electron chi connectivity index (χ1n) is 24.5. The van der Waals surface area contributed by atoms with Crippen LogP contribution in [0.25, 0.3) is 46.4 Å². The Hall–Kier alpha value is -3.44. The van der Waals surface area contributed by atoms with E-state index < -0.39 is 0 Å². The van der Waals surface area contributed by atoms with Gasteiger partial charge < -0.3 is 9.97 Å². The molecule has 2 N–H and O–H groups in total. The van der Waals surface area contributed by atoms with Crippen LogP contribution in [0, 0.1) is 0 Å².